The van der Waals surface area contributed by atoms with E-state index in [1.165, 1.54) is 6.20 Å². The first kappa shape index (κ1) is 9.60. The lowest BCUT2D eigenvalue weighted by Crippen LogP contribution is -2.32. The average molecular weight is 200 g/mol. The van der Waals surface area contributed by atoms with E-state index in [0.29, 0.717) is 5.69 Å². The monoisotopic (exact) mass is 200 g/mol. The Balaban J connectivity index is 2.16. The van der Waals surface area contributed by atoms with Gasteiger partial charge >= 0.3 is 0 Å². The summed E-state index contributed by atoms with van der Waals surface area (Å²) in [5, 5.41) is 34.3. The van der Waals surface area contributed by atoms with Gasteiger partial charge in [0, 0.05) is 6.20 Å². The van der Waals surface area contributed by atoms with Gasteiger partial charge in [-0.25, -0.2) is 0 Å². The third-order valence-electron chi connectivity index (χ3n) is 2.37. The molecule has 14 heavy (non-hydrogen) atoms. The van der Waals surface area contributed by atoms with Gasteiger partial charge in [-0.3, -0.25) is 5.10 Å². The van der Waals surface area contributed by atoms with Gasteiger partial charge in [-0.1, -0.05) is 0 Å². The van der Waals surface area contributed by atoms with Crippen LogP contribution in [0.4, 0.5) is 0 Å². The molecule has 0 bridgehead atoms. The van der Waals surface area contributed by atoms with E-state index in [0.717, 1.165) is 0 Å². The minimum atomic E-state index is -1.06. The maximum absolute atomic E-state index is 9.60. The number of nitrogens with zero attached hydrogens (tertiary/aromatic N) is 1. The zero-order valence-corrected chi connectivity index (χ0v) is 7.37. The number of nitrogens with one attached hydrogen (secondary N) is 1. The molecule has 0 radical (unpaired) electrons. The largest absolute Gasteiger partial charge is 0.394 e. The molecule has 78 valence electrons. The van der Waals surface area contributed by atoms with Crippen LogP contribution in [-0.4, -0.2) is 50.4 Å². The number of aliphatic hydroxyl groups excluding tert-OH is 3. The lowest BCUT2D eigenvalue weighted by molar-refractivity contribution is -0.0239. The molecule has 2 heterocycles. The van der Waals surface area contributed by atoms with Crippen molar-refractivity contribution in [1.29, 1.82) is 0 Å². The fraction of sp³-hybridized carbons (Fsp3) is 0.625. The number of H-pyrrole nitrogens is 1. The van der Waals surface area contributed by atoms with E-state index in [2.05, 4.69) is 10.2 Å². The molecular weight excluding hydrogens is 188 g/mol. The minimum Gasteiger partial charge on any atom is -0.394 e. The highest BCUT2D eigenvalue weighted by atomic mass is 16.6. The Bertz CT molecular complexity index is 290. The molecule has 0 aliphatic carbocycles. The summed E-state index contributed by atoms with van der Waals surface area (Å²) in [6.45, 7) is -0.317. The van der Waals surface area contributed by atoms with Crippen LogP contribution in [0, 0.1) is 0 Å². The Morgan fingerprint density at radius 1 is 1.43 bits per heavy atom. The summed E-state index contributed by atoms with van der Waals surface area (Å²) in [7, 11) is 0. The second kappa shape index (κ2) is 3.66. The van der Waals surface area contributed by atoms with Gasteiger partial charge in [0.25, 0.3) is 0 Å². The summed E-state index contributed by atoms with van der Waals surface area (Å²) in [5.41, 5.74) is 0.590. The van der Waals surface area contributed by atoms with E-state index in [-0.39, 0.29) is 6.61 Å². The van der Waals surface area contributed by atoms with Crippen molar-refractivity contribution in [1.82, 2.24) is 10.2 Å². The zero-order valence-electron chi connectivity index (χ0n) is 7.37. The van der Waals surface area contributed by atoms with Crippen LogP contribution in [0.2, 0.25) is 0 Å². The summed E-state index contributed by atoms with van der Waals surface area (Å²) < 4.78 is 5.26. The van der Waals surface area contributed by atoms with Crippen LogP contribution in [0.3, 0.4) is 0 Å². The van der Waals surface area contributed by atoms with Crippen LogP contribution in [0.25, 0.3) is 0 Å². The SMILES string of the molecule is OC[C@H]1O[C@@H](c2ccn[nH]2)[C@H](O)[C@@H]1O. The maximum atomic E-state index is 9.60. The van der Waals surface area contributed by atoms with E-state index in [4.69, 9.17) is 9.84 Å². The molecule has 6 nitrogen and oxygen atoms in total. The summed E-state index contributed by atoms with van der Waals surface area (Å²) in [4.78, 5) is 0. The maximum Gasteiger partial charge on any atom is 0.128 e. The van der Waals surface area contributed by atoms with Crippen molar-refractivity contribution in [2.45, 2.75) is 24.4 Å². The van der Waals surface area contributed by atoms with E-state index in [1.54, 1.807) is 6.07 Å². The number of rotatable bonds is 2. The average Bonchev–Trinajstić information content (AvgIpc) is 2.78. The van der Waals surface area contributed by atoms with Crippen molar-refractivity contribution < 1.29 is 20.1 Å². The predicted octanol–water partition coefficient (Wildman–Crippen LogP) is -1.44. The van der Waals surface area contributed by atoms with Crippen LogP contribution in [0.15, 0.2) is 12.3 Å². The molecule has 0 aromatic carbocycles. The van der Waals surface area contributed by atoms with E-state index < -0.39 is 24.4 Å². The third kappa shape index (κ3) is 1.42. The third-order valence-corrected chi connectivity index (χ3v) is 2.37. The predicted molar refractivity (Wildman–Crippen MR) is 45.3 cm³/mol. The molecule has 1 aromatic rings. The van der Waals surface area contributed by atoms with Crippen molar-refractivity contribution in [3.05, 3.63) is 18.0 Å². The number of aliphatic hydroxyl groups is 3. The topological polar surface area (TPSA) is 98.6 Å². The Labute approximate surface area is 80.1 Å². The van der Waals surface area contributed by atoms with Gasteiger partial charge in [-0.15, -0.1) is 0 Å². The highest BCUT2D eigenvalue weighted by molar-refractivity contribution is 5.09. The van der Waals surface area contributed by atoms with Crippen molar-refractivity contribution in [2.24, 2.45) is 0 Å². The number of aromatic nitrogens is 2. The normalized spacial score (nSPS) is 37.6. The number of ether oxygens (including phenoxy) is 1. The van der Waals surface area contributed by atoms with Crippen molar-refractivity contribution >= 4 is 0 Å². The standard InChI is InChI=1S/C8H12N2O4/c11-3-5-6(12)7(13)8(14-5)4-1-2-9-10-4/h1-2,5-8,11-13H,3H2,(H,9,10)/t5-,6-,7-,8+/m1/s1. The second-order valence-electron chi connectivity index (χ2n) is 3.27. The van der Waals surface area contributed by atoms with Gasteiger partial charge in [0.05, 0.1) is 12.3 Å². The first-order valence-electron chi connectivity index (χ1n) is 4.35. The minimum absolute atomic E-state index is 0.317. The van der Waals surface area contributed by atoms with Gasteiger partial charge in [0.1, 0.15) is 24.4 Å². The molecule has 4 N–H and O–H groups in total. The van der Waals surface area contributed by atoms with E-state index in [9.17, 15) is 10.2 Å². The fourth-order valence-electron chi connectivity index (χ4n) is 1.58. The van der Waals surface area contributed by atoms with Crippen LogP contribution in [0.1, 0.15) is 11.8 Å². The first-order valence-corrected chi connectivity index (χ1v) is 4.35. The van der Waals surface area contributed by atoms with Gasteiger partial charge < -0.3 is 20.1 Å². The molecule has 2 rings (SSSR count). The van der Waals surface area contributed by atoms with Gasteiger partial charge in [-0.2, -0.15) is 5.10 Å². The van der Waals surface area contributed by atoms with Crippen molar-refractivity contribution in [3.8, 4) is 0 Å². The summed E-state index contributed by atoms with van der Waals surface area (Å²) in [6, 6.07) is 1.65. The molecule has 0 amide bonds. The molecule has 1 aliphatic rings. The number of hydrogen-bond donors (Lipinski definition) is 4. The molecule has 1 saturated heterocycles. The summed E-state index contributed by atoms with van der Waals surface area (Å²) in [5.74, 6) is 0. The molecule has 1 aliphatic heterocycles. The van der Waals surface area contributed by atoms with Crippen LogP contribution in [-0.2, 0) is 4.74 Å². The highest BCUT2D eigenvalue weighted by Crippen LogP contribution is 2.31. The molecular formula is C8H12N2O4. The lowest BCUT2D eigenvalue weighted by atomic mass is 10.1. The summed E-state index contributed by atoms with van der Waals surface area (Å²) in [6.07, 6.45) is -1.95. The molecule has 4 atom stereocenters. The molecule has 0 saturated carbocycles. The van der Waals surface area contributed by atoms with Crippen molar-refractivity contribution in [2.75, 3.05) is 6.61 Å². The molecule has 1 fully saturated rings. The fourth-order valence-corrected chi connectivity index (χ4v) is 1.58. The quantitative estimate of drug-likeness (QED) is 0.469. The smallest absolute Gasteiger partial charge is 0.128 e. The molecule has 0 spiro atoms. The second-order valence-corrected chi connectivity index (χ2v) is 3.27. The summed E-state index contributed by atoms with van der Waals surface area (Å²) >= 11 is 0. The Hall–Kier alpha value is -0.950. The zero-order chi connectivity index (χ0) is 10.1. The Kier molecular flexibility index (Phi) is 2.51. The first-order chi connectivity index (χ1) is 6.74. The van der Waals surface area contributed by atoms with Crippen LogP contribution < -0.4 is 0 Å². The highest BCUT2D eigenvalue weighted by Gasteiger charge is 2.43. The Morgan fingerprint density at radius 3 is 2.71 bits per heavy atom. The van der Waals surface area contributed by atoms with Crippen LogP contribution in [0.5, 0.6) is 0 Å². The Morgan fingerprint density at radius 2 is 2.21 bits per heavy atom. The van der Waals surface area contributed by atoms with Crippen molar-refractivity contribution in [3.63, 3.8) is 0 Å². The van der Waals surface area contributed by atoms with E-state index in [1.807, 2.05) is 0 Å². The van der Waals surface area contributed by atoms with Gasteiger partial charge in [0.2, 0.25) is 0 Å². The van der Waals surface area contributed by atoms with Crippen LogP contribution >= 0.6 is 0 Å². The van der Waals surface area contributed by atoms with E-state index >= 15 is 0 Å². The number of aromatic amines is 1. The number of hydrogen-bond acceptors (Lipinski definition) is 5. The van der Waals surface area contributed by atoms with Gasteiger partial charge in [0.15, 0.2) is 0 Å². The molecule has 1 aromatic heterocycles. The molecule has 6 heteroatoms. The van der Waals surface area contributed by atoms with Gasteiger partial charge in [-0.05, 0) is 6.07 Å². The lowest BCUT2D eigenvalue weighted by Gasteiger charge is -2.11. The molecule has 0 unspecified atom stereocenters.